The lowest BCUT2D eigenvalue weighted by Gasteiger charge is -2.25. The Morgan fingerprint density at radius 3 is 2.65 bits per heavy atom. The van der Waals surface area contributed by atoms with Crippen molar-refractivity contribution in [2.24, 2.45) is 0 Å². The Morgan fingerprint density at radius 1 is 1.40 bits per heavy atom. The number of halogens is 1. The van der Waals surface area contributed by atoms with Crippen molar-refractivity contribution >= 4 is 21.9 Å². The zero-order valence-corrected chi connectivity index (χ0v) is 13.0. The van der Waals surface area contributed by atoms with Gasteiger partial charge in [-0.15, -0.1) is 0 Å². The number of allylic oxidation sites excluding steroid dienone is 2. The minimum absolute atomic E-state index is 0.282. The van der Waals surface area contributed by atoms with E-state index in [4.69, 9.17) is 9.47 Å². The fourth-order valence-corrected chi connectivity index (χ4v) is 2.48. The molecular formula is C16H17BrO3. The number of esters is 1. The summed E-state index contributed by atoms with van der Waals surface area (Å²) in [5, 5.41) is 0. The highest BCUT2D eigenvalue weighted by Crippen LogP contribution is 2.34. The summed E-state index contributed by atoms with van der Waals surface area (Å²) >= 11 is 3.41. The van der Waals surface area contributed by atoms with E-state index >= 15 is 0 Å². The van der Waals surface area contributed by atoms with Crippen molar-refractivity contribution in [1.29, 1.82) is 0 Å². The zero-order chi connectivity index (χ0) is 14.5. The molecule has 0 unspecified atom stereocenters. The number of benzene rings is 1. The molecule has 0 amide bonds. The van der Waals surface area contributed by atoms with Crippen molar-refractivity contribution in [3.05, 3.63) is 58.3 Å². The first kappa shape index (κ1) is 14.9. The SMILES string of the molecule is C=C(C(=O)OC)[C@@H](C1=CCCCO1)c1ccc(Br)cc1. The summed E-state index contributed by atoms with van der Waals surface area (Å²) < 4.78 is 11.5. The molecule has 2 rings (SSSR count). The van der Waals surface area contributed by atoms with E-state index < -0.39 is 5.97 Å². The number of ether oxygens (including phenoxy) is 2. The van der Waals surface area contributed by atoms with Gasteiger partial charge in [-0.25, -0.2) is 4.79 Å². The Hall–Kier alpha value is -1.55. The summed E-state index contributed by atoms with van der Waals surface area (Å²) in [6, 6.07) is 7.80. The maximum atomic E-state index is 11.8. The van der Waals surface area contributed by atoms with Gasteiger partial charge in [-0.2, -0.15) is 0 Å². The Balaban J connectivity index is 2.38. The Kier molecular flexibility index (Phi) is 5.01. The fraction of sp³-hybridized carbons (Fsp3) is 0.312. The van der Waals surface area contributed by atoms with Gasteiger partial charge in [-0.05, 0) is 36.6 Å². The van der Waals surface area contributed by atoms with Crippen LogP contribution in [0.2, 0.25) is 0 Å². The summed E-state index contributed by atoms with van der Waals surface area (Å²) in [6.07, 6.45) is 3.99. The first-order valence-electron chi connectivity index (χ1n) is 6.49. The summed E-state index contributed by atoms with van der Waals surface area (Å²) in [6.45, 7) is 4.57. The van der Waals surface area contributed by atoms with Crippen LogP contribution in [-0.4, -0.2) is 19.7 Å². The van der Waals surface area contributed by atoms with E-state index in [1.54, 1.807) is 0 Å². The van der Waals surface area contributed by atoms with Gasteiger partial charge in [0.1, 0.15) is 5.76 Å². The zero-order valence-electron chi connectivity index (χ0n) is 11.4. The third-order valence-corrected chi connectivity index (χ3v) is 3.78. The summed E-state index contributed by atoms with van der Waals surface area (Å²) in [7, 11) is 1.36. The lowest BCUT2D eigenvalue weighted by molar-refractivity contribution is -0.136. The van der Waals surface area contributed by atoms with Gasteiger partial charge in [0.2, 0.25) is 0 Å². The lowest BCUT2D eigenvalue weighted by Crippen LogP contribution is -2.18. The second-order valence-electron chi connectivity index (χ2n) is 4.60. The average molecular weight is 337 g/mol. The van der Waals surface area contributed by atoms with Crippen LogP contribution >= 0.6 is 15.9 Å². The number of rotatable bonds is 4. The van der Waals surface area contributed by atoms with Crippen molar-refractivity contribution in [2.75, 3.05) is 13.7 Å². The van der Waals surface area contributed by atoms with Gasteiger partial charge in [-0.1, -0.05) is 34.6 Å². The van der Waals surface area contributed by atoms with Crippen molar-refractivity contribution in [1.82, 2.24) is 0 Å². The standard InChI is InChI=1S/C16H17BrO3/c1-11(16(18)19-2)15(14-5-3-4-10-20-14)12-6-8-13(17)9-7-12/h5-9,15H,1,3-4,10H2,2H3/t15-/m1/s1. The molecule has 0 aliphatic carbocycles. The first-order valence-corrected chi connectivity index (χ1v) is 7.28. The van der Waals surface area contributed by atoms with Crippen LogP contribution < -0.4 is 0 Å². The third-order valence-electron chi connectivity index (χ3n) is 3.25. The van der Waals surface area contributed by atoms with E-state index in [2.05, 4.69) is 22.5 Å². The molecular weight excluding hydrogens is 320 g/mol. The smallest absolute Gasteiger partial charge is 0.334 e. The van der Waals surface area contributed by atoms with Gasteiger partial charge in [0.25, 0.3) is 0 Å². The number of carbonyl (C=O) groups is 1. The van der Waals surface area contributed by atoms with E-state index in [1.165, 1.54) is 7.11 Å². The molecule has 1 aliphatic heterocycles. The number of hydrogen-bond acceptors (Lipinski definition) is 3. The summed E-state index contributed by atoms with van der Waals surface area (Å²) in [5.41, 5.74) is 1.36. The molecule has 3 nitrogen and oxygen atoms in total. The maximum absolute atomic E-state index is 11.8. The highest BCUT2D eigenvalue weighted by Gasteiger charge is 2.27. The Labute approximate surface area is 127 Å². The maximum Gasteiger partial charge on any atom is 0.334 e. The van der Waals surface area contributed by atoms with E-state index in [9.17, 15) is 4.79 Å². The minimum atomic E-state index is -0.409. The molecule has 0 saturated carbocycles. The average Bonchev–Trinajstić information content (AvgIpc) is 2.49. The van der Waals surface area contributed by atoms with Crippen LogP contribution in [0.25, 0.3) is 0 Å². The Bertz CT molecular complexity index is 531. The van der Waals surface area contributed by atoms with Crippen LogP contribution in [-0.2, 0) is 14.3 Å². The second kappa shape index (κ2) is 6.75. The Morgan fingerprint density at radius 2 is 2.10 bits per heavy atom. The molecule has 1 heterocycles. The minimum Gasteiger partial charge on any atom is -0.497 e. The van der Waals surface area contributed by atoms with Gasteiger partial charge < -0.3 is 9.47 Å². The largest absolute Gasteiger partial charge is 0.497 e. The summed E-state index contributed by atoms with van der Waals surface area (Å²) in [5.74, 6) is 0.0952. The first-order chi connectivity index (χ1) is 9.63. The summed E-state index contributed by atoms with van der Waals surface area (Å²) in [4.78, 5) is 11.8. The highest BCUT2D eigenvalue weighted by molar-refractivity contribution is 9.10. The molecule has 0 fully saturated rings. The van der Waals surface area contributed by atoms with Crippen molar-refractivity contribution in [2.45, 2.75) is 18.8 Å². The molecule has 0 N–H and O–H groups in total. The molecule has 1 aromatic rings. The van der Waals surface area contributed by atoms with Crippen LogP contribution in [0.15, 0.2) is 52.7 Å². The van der Waals surface area contributed by atoms with Crippen molar-refractivity contribution in [3.63, 3.8) is 0 Å². The molecule has 1 atom stereocenters. The lowest BCUT2D eigenvalue weighted by atomic mass is 9.89. The van der Waals surface area contributed by atoms with Crippen LogP contribution in [0.4, 0.5) is 0 Å². The molecule has 0 spiro atoms. The highest BCUT2D eigenvalue weighted by atomic mass is 79.9. The third kappa shape index (κ3) is 3.31. The second-order valence-corrected chi connectivity index (χ2v) is 5.51. The fourth-order valence-electron chi connectivity index (χ4n) is 2.22. The molecule has 0 aromatic heterocycles. The molecule has 20 heavy (non-hydrogen) atoms. The molecule has 0 radical (unpaired) electrons. The number of carbonyl (C=O) groups excluding carboxylic acids is 1. The van der Waals surface area contributed by atoms with Gasteiger partial charge in [0.05, 0.1) is 19.6 Å². The predicted octanol–water partition coefficient (Wildman–Crippen LogP) is 3.96. The van der Waals surface area contributed by atoms with E-state index in [-0.39, 0.29) is 5.92 Å². The molecule has 1 aliphatic rings. The quantitative estimate of drug-likeness (QED) is 0.616. The van der Waals surface area contributed by atoms with Crippen LogP contribution in [0.5, 0.6) is 0 Å². The number of methoxy groups -OCH3 is 1. The van der Waals surface area contributed by atoms with Gasteiger partial charge in [0.15, 0.2) is 0 Å². The molecule has 0 saturated heterocycles. The van der Waals surface area contributed by atoms with Crippen LogP contribution in [0.3, 0.4) is 0 Å². The molecule has 4 heteroatoms. The van der Waals surface area contributed by atoms with Gasteiger partial charge >= 0.3 is 5.97 Å². The van der Waals surface area contributed by atoms with E-state index in [0.717, 1.165) is 28.6 Å². The van der Waals surface area contributed by atoms with E-state index in [0.29, 0.717) is 12.2 Å². The van der Waals surface area contributed by atoms with Crippen LogP contribution in [0.1, 0.15) is 24.3 Å². The molecule has 0 bridgehead atoms. The van der Waals surface area contributed by atoms with E-state index in [1.807, 2.05) is 30.3 Å². The van der Waals surface area contributed by atoms with Gasteiger partial charge in [0, 0.05) is 10.0 Å². The monoisotopic (exact) mass is 336 g/mol. The predicted molar refractivity (Wildman–Crippen MR) is 81.3 cm³/mol. The molecule has 1 aromatic carbocycles. The van der Waals surface area contributed by atoms with Crippen molar-refractivity contribution < 1.29 is 14.3 Å². The van der Waals surface area contributed by atoms with Crippen molar-refractivity contribution in [3.8, 4) is 0 Å². The van der Waals surface area contributed by atoms with Crippen LogP contribution in [0, 0.1) is 0 Å². The topological polar surface area (TPSA) is 35.5 Å². The number of hydrogen-bond donors (Lipinski definition) is 0. The molecule has 106 valence electrons. The van der Waals surface area contributed by atoms with Gasteiger partial charge in [-0.3, -0.25) is 0 Å². The normalized spacial score (nSPS) is 15.8.